The van der Waals surface area contributed by atoms with Crippen LogP contribution < -0.4 is 0 Å². The van der Waals surface area contributed by atoms with Gasteiger partial charge in [-0.05, 0) is 6.92 Å². The van der Waals surface area contributed by atoms with E-state index >= 15 is 0 Å². The third kappa shape index (κ3) is 2.71. The Morgan fingerprint density at radius 2 is 1.00 bits per heavy atom. The second-order valence-electron chi connectivity index (χ2n) is 4.40. The van der Waals surface area contributed by atoms with Crippen molar-refractivity contribution in [2.45, 2.75) is 48.9 Å². The van der Waals surface area contributed by atoms with Crippen LogP contribution in [0.1, 0.15) is 13.3 Å². The number of hydrogen-bond donors (Lipinski definition) is 1. The van der Waals surface area contributed by atoms with Crippen molar-refractivity contribution in [3.63, 3.8) is 0 Å². The lowest BCUT2D eigenvalue weighted by molar-refractivity contribution is -0.412. The van der Waals surface area contributed by atoms with E-state index in [4.69, 9.17) is 5.11 Å². The highest BCUT2D eigenvalue weighted by Gasteiger charge is 2.87. The molecule has 0 bridgehead atoms. The number of rotatable bonds is 6. The molecule has 13 heteroatoms. The molecule has 0 aliphatic heterocycles. The summed E-state index contributed by atoms with van der Waals surface area (Å²) in [5.41, 5.74) is -6.22. The molecule has 0 radical (unpaired) electrons. The Labute approximate surface area is 114 Å². The molecular formula is C9H8F12O. The quantitative estimate of drug-likeness (QED) is 0.704. The van der Waals surface area contributed by atoms with Crippen molar-refractivity contribution >= 4 is 0 Å². The number of halogens is 12. The molecule has 0 aromatic rings. The standard InChI is InChI=1S/C9H8F12O/c1-4(10,9(19,20)21)6(13,14)8(17,18)7(15,16)5(11,12)2-3-22/h22H,2-3H2,1H3. The second-order valence-corrected chi connectivity index (χ2v) is 4.40. The van der Waals surface area contributed by atoms with Crippen molar-refractivity contribution in [3.8, 4) is 0 Å². The smallest absolute Gasteiger partial charge is 0.396 e. The maximum Gasteiger partial charge on any atom is 0.428 e. The molecule has 134 valence electrons. The van der Waals surface area contributed by atoms with E-state index < -0.39 is 55.5 Å². The molecule has 22 heavy (non-hydrogen) atoms. The molecule has 1 nitrogen and oxygen atoms in total. The summed E-state index contributed by atoms with van der Waals surface area (Å²) in [5, 5.41) is 8.02. The van der Waals surface area contributed by atoms with E-state index in [1.54, 1.807) is 0 Å². The summed E-state index contributed by atoms with van der Waals surface area (Å²) in [4.78, 5) is 0. The molecule has 0 aliphatic rings. The van der Waals surface area contributed by atoms with Gasteiger partial charge in [-0.25, -0.2) is 4.39 Å². The molecule has 0 aliphatic carbocycles. The fourth-order valence-electron chi connectivity index (χ4n) is 1.20. The molecule has 1 atom stereocenters. The van der Waals surface area contributed by atoms with Crippen LogP contribution >= 0.6 is 0 Å². The first-order chi connectivity index (χ1) is 9.31. The minimum atomic E-state index is -7.41. The molecular weight excluding hydrogens is 352 g/mol. The van der Waals surface area contributed by atoms with Gasteiger partial charge in [0, 0.05) is 13.0 Å². The van der Waals surface area contributed by atoms with Gasteiger partial charge in [0.2, 0.25) is 0 Å². The molecule has 0 aromatic carbocycles. The van der Waals surface area contributed by atoms with E-state index in [0.717, 1.165) is 0 Å². The van der Waals surface area contributed by atoms with E-state index in [-0.39, 0.29) is 0 Å². The highest BCUT2D eigenvalue weighted by atomic mass is 19.4. The maximum atomic E-state index is 13.0. The van der Waals surface area contributed by atoms with Gasteiger partial charge in [0.25, 0.3) is 5.67 Å². The minimum Gasteiger partial charge on any atom is -0.396 e. The van der Waals surface area contributed by atoms with Crippen LogP contribution in [0.15, 0.2) is 0 Å². The lowest BCUT2D eigenvalue weighted by Crippen LogP contribution is -2.70. The Balaban J connectivity index is 6.11. The van der Waals surface area contributed by atoms with Crippen LogP contribution in [-0.4, -0.2) is 47.2 Å². The fourth-order valence-corrected chi connectivity index (χ4v) is 1.20. The zero-order chi connectivity index (χ0) is 18.4. The Morgan fingerprint density at radius 3 is 1.27 bits per heavy atom. The molecule has 0 heterocycles. The molecule has 0 spiro atoms. The van der Waals surface area contributed by atoms with E-state index in [2.05, 4.69) is 0 Å². The van der Waals surface area contributed by atoms with Crippen LogP contribution in [0.5, 0.6) is 0 Å². The first-order valence-electron chi connectivity index (χ1n) is 5.19. The molecule has 0 saturated carbocycles. The lowest BCUT2D eigenvalue weighted by Gasteiger charge is -2.41. The van der Waals surface area contributed by atoms with Crippen molar-refractivity contribution in [3.05, 3.63) is 0 Å². The summed E-state index contributed by atoms with van der Waals surface area (Å²) in [7, 11) is 0. The van der Waals surface area contributed by atoms with Crippen molar-refractivity contribution in [1.29, 1.82) is 0 Å². The highest BCUT2D eigenvalue weighted by molar-refractivity contribution is 5.12. The summed E-state index contributed by atoms with van der Waals surface area (Å²) in [5.74, 6) is -27.7. The third-order valence-electron chi connectivity index (χ3n) is 2.80. The summed E-state index contributed by atoms with van der Waals surface area (Å²) in [6.07, 6.45) is -9.21. The average Bonchev–Trinajstić information content (AvgIpc) is 2.26. The predicted octanol–water partition coefficient (Wildman–Crippen LogP) is 4.20. The Kier molecular flexibility index (Phi) is 5.12. The zero-order valence-electron chi connectivity index (χ0n) is 10.4. The van der Waals surface area contributed by atoms with E-state index in [1.165, 1.54) is 0 Å². The number of hydrogen-bond acceptors (Lipinski definition) is 1. The van der Waals surface area contributed by atoms with Crippen LogP contribution in [0.25, 0.3) is 0 Å². The molecule has 0 fully saturated rings. The predicted molar refractivity (Wildman–Crippen MR) is 47.1 cm³/mol. The molecule has 0 amide bonds. The molecule has 1 unspecified atom stereocenters. The summed E-state index contributed by atoms with van der Waals surface area (Å²) in [6.45, 7) is -3.04. The molecule has 0 saturated heterocycles. The topological polar surface area (TPSA) is 20.2 Å². The maximum absolute atomic E-state index is 13.0. The van der Waals surface area contributed by atoms with Gasteiger partial charge in [-0.3, -0.25) is 0 Å². The summed E-state index contributed by atoms with van der Waals surface area (Å²) in [6, 6.07) is 0. The lowest BCUT2D eigenvalue weighted by atomic mass is 9.87. The van der Waals surface area contributed by atoms with Gasteiger partial charge < -0.3 is 5.11 Å². The van der Waals surface area contributed by atoms with Crippen LogP contribution in [0.3, 0.4) is 0 Å². The number of aliphatic hydroxyl groups is 1. The van der Waals surface area contributed by atoms with Gasteiger partial charge in [0.05, 0.1) is 0 Å². The summed E-state index contributed by atoms with van der Waals surface area (Å²) >= 11 is 0. The van der Waals surface area contributed by atoms with Gasteiger partial charge in [0.1, 0.15) is 0 Å². The molecule has 1 N–H and O–H groups in total. The van der Waals surface area contributed by atoms with Gasteiger partial charge in [-0.2, -0.15) is 48.3 Å². The van der Waals surface area contributed by atoms with Gasteiger partial charge in [-0.15, -0.1) is 0 Å². The minimum absolute atomic E-state index is 1.18. The van der Waals surface area contributed by atoms with Crippen LogP contribution in [0.4, 0.5) is 52.7 Å². The normalized spacial score (nSPS) is 18.3. The highest BCUT2D eigenvalue weighted by Crippen LogP contribution is 2.59. The van der Waals surface area contributed by atoms with Crippen LogP contribution in [0.2, 0.25) is 0 Å². The van der Waals surface area contributed by atoms with Crippen molar-refractivity contribution < 1.29 is 57.8 Å². The first-order valence-corrected chi connectivity index (χ1v) is 5.19. The Hall–Kier alpha value is -0.880. The first kappa shape index (κ1) is 21.1. The number of aliphatic hydroxyl groups excluding tert-OH is 1. The fraction of sp³-hybridized carbons (Fsp3) is 1.00. The average molecular weight is 360 g/mol. The number of alkyl halides is 12. The van der Waals surface area contributed by atoms with Crippen LogP contribution in [0, 0.1) is 0 Å². The van der Waals surface area contributed by atoms with Gasteiger partial charge in [0.15, 0.2) is 0 Å². The Bertz CT molecular complexity index is 396. The van der Waals surface area contributed by atoms with E-state index in [9.17, 15) is 52.7 Å². The van der Waals surface area contributed by atoms with E-state index in [0.29, 0.717) is 0 Å². The van der Waals surface area contributed by atoms with Crippen molar-refractivity contribution in [2.75, 3.05) is 6.61 Å². The monoisotopic (exact) mass is 360 g/mol. The summed E-state index contributed by atoms with van der Waals surface area (Å²) < 4.78 is 153. The van der Waals surface area contributed by atoms with E-state index in [1.807, 2.05) is 0 Å². The molecule has 0 aromatic heterocycles. The Morgan fingerprint density at radius 1 is 0.636 bits per heavy atom. The zero-order valence-corrected chi connectivity index (χ0v) is 10.4. The largest absolute Gasteiger partial charge is 0.428 e. The van der Waals surface area contributed by atoms with Gasteiger partial charge in [-0.1, -0.05) is 0 Å². The van der Waals surface area contributed by atoms with Crippen molar-refractivity contribution in [2.24, 2.45) is 0 Å². The third-order valence-corrected chi connectivity index (χ3v) is 2.80. The van der Waals surface area contributed by atoms with Crippen molar-refractivity contribution in [1.82, 2.24) is 0 Å². The molecule has 0 rings (SSSR count). The SMILES string of the molecule is CC(F)(C(F)(F)F)C(F)(F)C(F)(F)C(F)(F)C(F)(F)CCO. The van der Waals surface area contributed by atoms with Gasteiger partial charge >= 0.3 is 29.9 Å². The second kappa shape index (κ2) is 5.34. The van der Waals surface area contributed by atoms with Crippen LogP contribution in [-0.2, 0) is 0 Å².